The van der Waals surface area contributed by atoms with Gasteiger partial charge in [0.15, 0.2) is 11.6 Å². The van der Waals surface area contributed by atoms with Crippen LogP contribution in [0.15, 0.2) is 12.1 Å². The van der Waals surface area contributed by atoms with Crippen LogP contribution < -0.4 is 15.4 Å². The van der Waals surface area contributed by atoms with Crippen molar-refractivity contribution in [1.82, 2.24) is 0 Å². The maximum Gasteiger partial charge on any atom is 0.165 e. The third-order valence-electron chi connectivity index (χ3n) is 2.06. The summed E-state index contributed by atoms with van der Waals surface area (Å²) in [5.74, 6) is 5.23. The summed E-state index contributed by atoms with van der Waals surface area (Å²) in [5.41, 5.74) is 0.616. The average Bonchev–Trinajstić information content (AvgIpc) is 2.26. The van der Waals surface area contributed by atoms with Gasteiger partial charge in [0.2, 0.25) is 0 Å². The highest BCUT2D eigenvalue weighted by Gasteiger charge is 2.14. The van der Waals surface area contributed by atoms with E-state index in [4.69, 9.17) is 15.4 Å². The monoisotopic (exact) mass is 215 g/mol. The molecule has 0 aliphatic carbocycles. The Morgan fingerprint density at radius 2 is 2.00 bits per heavy atom. The van der Waals surface area contributed by atoms with Gasteiger partial charge in [-0.1, -0.05) is 0 Å². The van der Waals surface area contributed by atoms with E-state index in [9.17, 15) is 4.39 Å². The Hall–Kier alpha value is -1.33. The lowest BCUT2D eigenvalue weighted by Gasteiger charge is -2.13. The van der Waals surface area contributed by atoms with E-state index in [-0.39, 0.29) is 12.4 Å². The first-order valence-electron chi connectivity index (χ1n) is 4.45. The summed E-state index contributed by atoms with van der Waals surface area (Å²) >= 11 is 0. The number of ether oxygens (including phenoxy) is 2. The highest BCUT2D eigenvalue weighted by molar-refractivity contribution is 5.45. The molecule has 15 heavy (non-hydrogen) atoms. The van der Waals surface area contributed by atoms with Crippen LogP contribution in [-0.2, 0) is 11.3 Å². The lowest BCUT2D eigenvalue weighted by atomic mass is 10.1. The summed E-state index contributed by atoms with van der Waals surface area (Å²) < 4.78 is 23.4. The van der Waals surface area contributed by atoms with Gasteiger partial charge < -0.3 is 14.3 Å². The normalized spacial score (nSPS) is 10.1. The number of benzene rings is 1. The Morgan fingerprint density at radius 1 is 1.27 bits per heavy atom. The molecule has 4 nitrogen and oxygen atoms in total. The second-order valence-corrected chi connectivity index (χ2v) is 2.88. The molecule has 0 heterocycles. The molecule has 84 valence electrons. The van der Waals surface area contributed by atoms with Crippen molar-refractivity contribution < 1.29 is 18.7 Å². The molecule has 0 saturated heterocycles. The van der Waals surface area contributed by atoms with Crippen LogP contribution in [0.1, 0.15) is 5.56 Å². The Bertz CT molecular complexity index is 331. The van der Waals surface area contributed by atoms with Gasteiger partial charge >= 0.3 is 0 Å². The van der Waals surface area contributed by atoms with E-state index in [1.807, 2.05) is 0 Å². The fourth-order valence-electron chi connectivity index (χ4n) is 1.39. The number of hydrogen-bond donors (Lipinski definition) is 1. The van der Waals surface area contributed by atoms with Gasteiger partial charge in [-0.2, -0.15) is 0 Å². The maximum absolute atomic E-state index is 13.3. The van der Waals surface area contributed by atoms with Crippen LogP contribution in [0.2, 0.25) is 0 Å². The zero-order chi connectivity index (χ0) is 11.3. The standard InChI is InChI=1S/C10H14FNO3/c1-13-9-4-3-8(11)10(14-2)7(9)5-6-15-12/h3-4H,5-6,12H2,1-2H3. The Kier molecular flexibility index (Phi) is 4.33. The summed E-state index contributed by atoms with van der Waals surface area (Å²) in [7, 11) is 2.92. The van der Waals surface area contributed by atoms with E-state index in [2.05, 4.69) is 4.84 Å². The van der Waals surface area contributed by atoms with Crippen LogP contribution in [0.4, 0.5) is 4.39 Å². The van der Waals surface area contributed by atoms with Crippen LogP contribution in [0.5, 0.6) is 11.5 Å². The largest absolute Gasteiger partial charge is 0.496 e. The van der Waals surface area contributed by atoms with Gasteiger partial charge in [-0.05, 0) is 12.1 Å². The topological polar surface area (TPSA) is 53.7 Å². The Morgan fingerprint density at radius 3 is 2.53 bits per heavy atom. The number of methoxy groups -OCH3 is 2. The number of halogens is 1. The second-order valence-electron chi connectivity index (χ2n) is 2.88. The predicted octanol–water partition coefficient (Wildman–Crippen LogP) is 1.28. The maximum atomic E-state index is 13.3. The Balaban J connectivity index is 3.09. The first-order chi connectivity index (χ1) is 7.24. The highest BCUT2D eigenvalue weighted by Crippen LogP contribution is 2.31. The van der Waals surface area contributed by atoms with E-state index in [1.165, 1.54) is 20.3 Å². The van der Waals surface area contributed by atoms with Gasteiger partial charge in [-0.15, -0.1) is 0 Å². The molecule has 0 aliphatic rings. The van der Waals surface area contributed by atoms with E-state index in [0.29, 0.717) is 17.7 Å². The van der Waals surface area contributed by atoms with Crippen molar-refractivity contribution in [3.63, 3.8) is 0 Å². The molecule has 2 N–H and O–H groups in total. The van der Waals surface area contributed by atoms with Crippen molar-refractivity contribution >= 4 is 0 Å². The smallest absolute Gasteiger partial charge is 0.165 e. The fraction of sp³-hybridized carbons (Fsp3) is 0.400. The molecule has 1 rings (SSSR count). The zero-order valence-corrected chi connectivity index (χ0v) is 8.75. The fourth-order valence-corrected chi connectivity index (χ4v) is 1.39. The van der Waals surface area contributed by atoms with E-state index >= 15 is 0 Å². The summed E-state index contributed by atoms with van der Waals surface area (Å²) in [5, 5.41) is 0. The van der Waals surface area contributed by atoms with Gasteiger partial charge in [0.1, 0.15) is 5.75 Å². The van der Waals surface area contributed by atoms with Crippen molar-refractivity contribution in [3.8, 4) is 11.5 Å². The first-order valence-corrected chi connectivity index (χ1v) is 4.45. The molecule has 0 bridgehead atoms. The number of hydrogen-bond acceptors (Lipinski definition) is 4. The van der Waals surface area contributed by atoms with Crippen molar-refractivity contribution in [1.29, 1.82) is 0 Å². The van der Waals surface area contributed by atoms with Gasteiger partial charge in [-0.3, -0.25) is 0 Å². The summed E-state index contributed by atoms with van der Waals surface area (Å²) in [6.07, 6.45) is 0.431. The first kappa shape index (κ1) is 11.7. The third kappa shape index (κ3) is 2.57. The van der Waals surface area contributed by atoms with Crippen molar-refractivity contribution in [2.75, 3.05) is 20.8 Å². The van der Waals surface area contributed by atoms with Crippen LogP contribution in [-0.4, -0.2) is 20.8 Å². The molecular weight excluding hydrogens is 201 g/mol. The minimum absolute atomic E-state index is 0.173. The van der Waals surface area contributed by atoms with Crippen LogP contribution in [0, 0.1) is 5.82 Å². The van der Waals surface area contributed by atoms with Crippen molar-refractivity contribution in [2.24, 2.45) is 5.90 Å². The van der Waals surface area contributed by atoms with Crippen LogP contribution in [0.3, 0.4) is 0 Å². The quantitative estimate of drug-likeness (QED) is 0.752. The number of nitrogens with two attached hydrogens (primary N) is 1. The SMILES string of the molecule is COc1ccc(F)c(OC)c1CCON. The molecule has 1 aromatic carbocycles. The summed E-state index contributed by atoms with van der Waals surface area (Å²) in [6, 6.07) is 2.84. The molecule has 0 aromatic heterocycles. The summed E-state index contributed by atoms with van der Waals surface area (Å²) in [6.45, 7) is 0.274. The summed E-state index contributed by atoms with van der Waals surface area (Å²) in [4.78, 5) is 4.45. The second kappa shape index (κ2) is 5.53. The number of rotatable bonds is 5. The molecule has 0 radical (unpaired) electrons. The molecule has 0 aliphatic heterocycles. The van der Waals surface area contributed by atoms with Crippen LogP contribution >= 0.6 is 0 Å². The van der Waals surface area contributed by atoms with E-state index < -0.39 is 5.82 Å². The van der Waals surface area contributed by atoms with Gasteiger partial charge in [0, 0.05) is 12.0 Å². The lowest BCUT2D eigenvalue weighted by Crippen LogP contribution is -2.07. The van der Waals surface area contributed by atoms with Crippen molar-refractivity contribution in [3.05, 3.63) is 23.5 Å². The zero-order valence-electron chi connectivity index (χ0n) is 8.75. The minimum atomic E-state index is -0.426. The Labute approximate surface area is 87.7 Å². The van der Waals surface area contributed by atoms with Crippen LogP contribution in [0.25, 0.3) is 0 Å². The molecule has 0 unspecified atom stereocenters. The third-order valence-corrected chi connectivity index (χ3v) is 2.06. The van der Waals surface area contributed by atoms with Crippen molar-refractivity contribution in [2.45, 2.75) is 6.42 Å². The highest BCUT2D eigenvalue weighted by atomic mass is 19.1. The van der Waals surface area contributed by atoms with Gasteiger partial charge in [-0.25, -0.2) is 10.3 Å². The molecule has 1 aromatic rings. The molecule has 0 amide bonds. The molecule has 0 spiro atoms. The van der Waals surface area contributed by atoms with E-state index in [0.717, 1.165) is 0 Å². The molecule has 0 fully saturated rings. The lowest BCUT2D eigenvalue weighted by molar-refractivity contribution is 0.140. The molecular formula is C10H14FNO3. The minimum Gasteiger partial charge on any atom is -0.496 e. The van der Waals surface area contributed by atoms with E-state index in [1.54, 1.807) is 6.07 Å². The van der Waals surface area contributed by atoms with Gasteiger partial charge in [0.05, 0.1) is 20.8 Å². The molecule has 5 heteroatoms. The predicted molar refractivity (Wildman–Crippen MR) is 53.3 cm³/mol. The molecule has 0 atom stereocenters. The average molecular weight is 215 g/mol. The van der Waals surface area contributed by atoms with Gasteiger partial charge in [0.25, 0.3) is 0 Å². The molecule has 0 saturated carbocycles.